The van der Waals surface area contributed by atoms with Gasteiger partial charge in [0.15, 0.2) is 0 Å². The Morgan fingerprint density at radius 1 is 1.21 bits per heavy atom. The molecule has 1 heterocycles. The fourth-order valence-corrected chi connectivity index (χ4v) is 2.61. The van der Waals surface area contributed by atoms with E-state index in [2.05, 4.69) is 0 Å². The van der Waals surface area contributed by atoms with Gasteiger partial charge in [-0.15, -0.1) is 0 Å². The molecule has 2 fully saturated rings. The minimum atomic E-state index is 0.414. The minimum Gasteiger partial charge on any atom is -0.381 e. The number of ether oxygens (including phenoxy) is 1. The van der Waals surface area contributed by atoms with Crippen molar-refractivity contribution in [3.8, 4) is 0 Å². The van der Waals surface area contributed by atoms with Crippen LogP contribution in [0.4, 0.5) is 0 Å². The van der Waals surface area contributed by atoms with Gasteiger partial charge in [0.2, 0.25) is 0 Å². The Kier molecular flexibility index (Phi) is 3.57. The summed E-state index contributed by atoms with van der Waals surface area (Å²) in [5.74, 6) is 1.60. The highest BCUT2D eigenvalue weighted by molar-refractivity contribution is 5.81. The lowest BCUT2D eigenvalue weighted by Crippen LogP contribution is -2.12. The van der Waals surface area contributed by atoms with Crippen molar-refractivity contribution in [3.63, 3.8) is 0 Å². The largest absolute Gasteiger partial charge is 0.381 e. The van der Waals surface area contributed by atoms with E-state index in [1.165, 1.54) is 12.8 Å². The Morgan fingerprint density at radius 2 is 2.00 bits per heavy atom. The average Bonchev–Trinajstić information content (AvgIpc) is 2.87. The molecule has 2 rings (SSSR count). The predicted octanol–water partition coefficient (Wildman–Crippen LogP) is 2.56. The van der Waals surface area contributed by atoms with Gasteiger partial charge in [-0.3, -0.25) is 4.79 Å². The monoisotopic (exact) mass is 196 g/mol. The van der Waals surface area contributed by atoms with E-state index in [1.807, 2.05) is 0 Å². The second-order valence-corrected chi connectivity index (χ2v) is 4.72. The maximum Gasteiger partial charge on any atom is 0.135 e. The Labute approximate surface area is 86.0 Å². The van der Waals surface area contributed by atoms with Crippen LogP contribution in [-0.4, -0.2) is 19.0 Å². The predicted molar refractivity (Wildman–Crippen MR) is 55.1 cm³/mol. The summed E-state index contributed by atoms with van der Waals surface area (Å²) in [5, 5.41) is 0. The number of rotatable bonds is 4. The third-order valence-electron chi connectivity index (χ3n) is 3.63. The molecule has 0 aromatic heterocycles. The van der Waals surface area contributed by atoms with Gasteiger partial charge in [0.1, 0.15) is 5.78 Å². The van der Waals surface area contributed by atoms with Crippen LogP contribution in [0.5, 0.6) is 0 Å². The molecular weight excluding hydrogens is 176 g/mol. The van der Waals surface area contributed by atoms with Gasteiger partial charge in [0.25, 0.3) is 0 Å². The van der Waals surface area contributed by atoms with Crippen LogP contribution in [0.3, 0.4) is 0 Å². The topological polar surface area (TPSA) is 26.3 Å². The molecule has 0 aromatic rings. The van der Waals surface area contributed by atoms with Gasteiger partial charge in [-0.25, -0.2) is 0 Å². The second-order valence-electron chi connectivity index (χ2n) is 4.72. The van der Waals surface area contributed by atoms with Crippen LogP contribution in [0.1, 0.15) is 44.9 Å². The zero-order valence-corrected chi connectivity index (χ0v) is 8.84. The number of hydrogen-bond donors (Lipinski definition) is 0. The van der Waals surface area contributed by atoms with Crippen molar-refractivity contribution in [1.29, 1.82) is 0 Å². The molecule has 1 atom stereocenters. The molecule has 2 nitrogen and oxygen atoms in total. The number of ketones is 1. The Bertz CT molecular complexity index is 188. The molecule has 0 aromatic carbocycles. The number of carbonyl (C=O) groups excluding carboxylic acids is 1. The average molecular weight is 196 g/mol. The molecule has 1 saturated heterocycles. The van der Waals surface area contributed by atoms with Crippen LogP contribution in [0.25, 0.3) is 0 Å². The van der Waals surface area contributed by atoms with E-state index < -0.39 is 0 Å². The number of hydrogen-bond acceptors (Lipinski definition) is 2. The summed E-state index contributed by atoms with van der Waals surface area (Å²) < 4.78 is 5.30. The van der Waals surface area contributed by atoms with Crippen LogP contribution in [0.2, 0.25) is 0 Å². The first kappa shape index (κ1) is 10.2. The van der Waals surface area contributed by atoms with Crippen LogP contribution < -0.4 is 0 Å². The first-order chi connectivity index (χ1) is 6.86. The highest BCUT2D eigenvalue weighted by Gasteiger charge is 2.24. The van der Waals surface area contributed by atoms with E-state index in [1.54, 1.807) is 0 Å². The van der Waals surface area contributed by atoms with Crippen molar-refractivity contribution in [3.05, 3.63) is 0 Å². The van der Waals surface area contributed by atoms with E-state index in [-0.39, 0.29) is 0 Å². The van der Waals surface area contributed by atoms with Crippen LogP contribution in [0.15, 0.2) is 0 Å². The molecule has 0 N–H and O–H groups in total. The van der Waals surface area contributed by atoms with Crippen molar-refractivity contribution in [2.45, 2.75) is 44.9 Å². The number of carbonyl (C=O) groups is 1. The number of Topliss-reactive ketones (excluding diaryl/α,β-unsaturated/α-hetero) is 1. The van der Waals surface area contributed by atoms with Crippen molar-refractivity contribution in [1.82, 2.24) is 0 Å². The summed E-state index contributed by atoms with van der Waals surface area (Å²) in [6, 6.07) is 0. The Hall–Kier alpha value is -0.370. The van der Waals surface area contributed by atoms with Crippen molar-refractivity contribution >= 4 is 5.78 Å². The van der Waals surface area contributed by atoms with E-state index >= 15 is 0 Å². The van der Waals surface area contributed by atoms with E-state index in [0.29, 0.717) is 17.6 Å². The van der Waals surface area contributed by atoms with Gasteiger partial charge in [-0.05, 0) is 31.6 Å². The molecule has 2 aliphatic rings. The first-order valence-corrected chi connectivity index (χ1v) is 5.96. The SMILES string of the molecule is O=C(CCC1CCOC1)C1CCCC1. The normalized spacial score (nSPS) is 28.4. The van der Waals surface area contributed by atoms with Gasteiger partial charge in [-0.1, -0.05) is 12.8 Å². The molecule has 0 spiro atoms. The minimum absolute atomic E-state index is 0.414. The summed E-state index contributed by atoms with van der Waals surface area (Å²) in [6.45, 7) is 1.79. The van der Waals surface area contributed by atoms with E-state index in [0.717, 1.165) is 45.3 Å². The lowest BCUT2D eigenvalue weighted by molar-refractivity contribution is -0.122. The summed E-state index contributed by atoms with van der Waals surface area (Å²) in [7, 11) is 0. The zero-order chi connectivity index (χ0) is 9.80. The molecule has 0 radical (unpaired) electrons. The maximum atomic E-state index is 11.8. The van der Waals surface area contributed by atoms with Gasteiger partial charge in [-0.2, -0.15) is 0 Å². The first-order valence-electron chi connectivity index (χ1n) is 5.96. The molecule has 80 valence electrons. The van der Waals surface area contributed by atoms with Gasteiger partial charge < -0.3 is 4.74 Å². The molecule has 2 heteroatoms. The van der Waals surface area contributed by atoms with Crippen LogP contribution >= 0.6 is 0 Å². The van der Waals surface area contributed by atoms with Gasteiger partial charge in [0.05, 0.1) is 0 Å². The second kappa shape index (κ2) is 4.92. The third kappa shape index (κ3) is 2.57. The van der Waals surface area contributed by atoms with Crippen LogP contribution in [-0.2, 0) is 9.53 Å². The molecule has 14 heavy (non-hydrogen) atoms. The fourth-order valence-electron chi connectivity index (χ4n) is 2.61. The summed E-state index contributed by atoms with van der Waals surface area (Å²) in [5.41, 5.74) is 0. The summed E-state index contributed by atoms with van der Waals surface area (Å²) in [6.07, 6.45) is 7.87. The summed E-state index contributed by atoms with van der Waals surface area (Å²) in [4.78, 5) is 11.8. The standard InChI is InChI=1S/C12H20O2/c13-12(11-3-1-2-4-11)6-5-10-7-8-14-9-10/h10-11H,1-9H2. The van der Waals surface area contributed by atoms with Crippen molar-refractivity contribution in [2.24, 2.45) is 11.8 Å². The lowest BCUT2D eigenvalue weighted by atomic mass is 9.94. The van der Waals surface area contributed by atoms with E-state index in [9.17, 15) is 4.79 Å². The smallest absolute Gasteiger partial charge is 0.135 e. The zero-order valence-electron chi connectivity index (χ0n) is 8.84. The molecule has 1 unspecified atom stereocenters. The quantitative estimate of drug-likeness (QED) is 0.690. The summed E-state index contributed by atoms with van der Waals surface area (Å²) >= 11 is 0. The highest BCUT2D eigenvalue weighted by Crippen LogP contribution is 2.28. The molecule has 0 bridgehead atoms. The van der Waals surface area contributed by atoms with Gasteiger partial charge in [0, 0.05) is 25.6 Å². The Balaban J connectivity index is 1.66. The lowest BCUT2D eigenvalue weighted by Gasteiger charge is -2.10. The van der Waals surface area contributed by atoms with Gasteiger partial charge >= 0.3 is 0 Å². The van der Waals surface area contributed by atoms with Crippen molar-refractivity contribution < 1.29 is 9.53 Å². The molecular formula is C12H20O2. The molecule has 1 aliphatic heterocycles. The van der Waals surface area contributed by atoms with E-state index in [4.69, 9.17) is 4.74 Å². The molecule has 0 amide bonds. The molecule has 1 aliphatic carbocycles. The van der Waals surface area contributed by atoms with Crippen LogP contribution in [0, 0.1) is 11.8 Å². The molecule has 1 saturated carbocycles. The van der Waals surface area contributed by atoms with Crippen molar-refractivity contribution in [2.75, 3.05) is 13.2 Å². The Morgan fingerprint density at radius 3 is 2.64 bits per heavy atom. The third-order valence-corrected chi connectivity index (χ3v) is 3.63. The fraction of sp³-hybridized carbons (Fsp3) is 0.917. The maximum absolute atomic E-state index is 11.8. The highest BCUT2D eigenvalue weighted by atomic mass is 16.5.